The van der Waals surface area contributed by atoms with Gasteiger partial charge in [-0.25, -0.2) is 9.59 Å². The van der Waals surface area contributed by atoms with Gasteiger partial charge in [0.05, 0.1) is 23.2 Å². The molecule has 1 heterocycles. The standard InChI is InChI=1S/C27H24ClF3N2O5/c1-14(15-5-7-16(8-6-15)18-10-11-19(24(34)35)23(38-4)22(18)28)26(37,27(29,30)31)17-9-12-20-21(13-17)33(3)25(36)32(20)2/h5-14,37H,1-4H3,(H,34,35). The Morgan fingerprint density at radius 2 is 1.61 bits per heavy atom. The van der Waals surface area contributed by atoms with Crippen molar-refractivity contribution in [1.82, 2.24) is 9.13 Å². The second-order valence-corrected chi connectivity index (χ2v) is 9.40. The SMILES string of the molecule is COc1c(C(=O)O)ccc(-c2ccc(C(C)C(O)(c3ccc4c(c3)n(C)c(=O)n4C)C(F)(F)F)cc2)c1Cl. The van der Waals surface area contributed by atoms with Gasteiger partial charge in [-0.3, -0.25) is 9.13 Å². The summed E-state index contributed by atoms with van der Waals surface area (Å²) in [4.78, 5) is 23.7. The molecule has 0 fully saturated rings. The van der Waals surface area contributed by atoms with Crippen LogP contribution in [-0.2, 0) is 19.7 Å². The first-order valence-electron chi connectivity index (χ1n) is 11.4. The number of carbonyl (C=O) groups is 1. The van der Waals surface area contributed by atoms with Crippen LogP contribution in [0.4, 0.5) is 13.2 Å². The Morgan fingerprint density at radius 1 is 1.00 bits per heavy atom. The Balaban J connectivity index is 1.78. The molecule has 0 saturated carbocycles. The molecule has 0 bridgehead atoms. The monoisotopic (exact) mass is 548 g/mol. The number of hydrogen-bond donors (Lipinski definition) is 2. The van der Waals surface area contributed by atoms with Gasteiger partial charge >= 0.3 is 17.8 Å². The highest BCUT2D eigenvalue weighted by molar-refractivity contribution is 6.35. The summed E-state index contributed by atoms with van der Waals surface area (Å²) in [6, 6.07) is 12.5. The number of alkyl halides is 3. The van der Waals surface area contributed by atoms with E-state index in [0.717, 1.165) is 0 Å². The number of aliphatic hydroxyl groups is 1. The predicted molar refractivity (Wildman–Crippen MR) is 137 cm³/mol. The van der Waals surface area contributed by atoms with Crippen molar-refractivity contribution >= 4 is 28.6 Å². The molecular weight excluding hydrogens is 525 g/mol. The number of carboxylic acids is 1. The molecule has 7 nitrogen and oxygen atoms in total. The molecule has 0 saturated heterocycles. The number of imidazole rings is 1. The molecule has 3 aromatic carbocycles. The van der Waals surface area contributed by atoms with Crippen LogP contribution in [0.2, 0.25) is 5.02 Å². The van der Waals surface area contributed by atoms with E-state index >= 15 is 0 Å². The third kappa shape index (κ3) is 4.13. The van der Waals surface area contributed by atoms with E-state index in [-0.39, 0.29) is 27.4 Å². The molecule has 2 N–H and O–H groups in total. The van der Waals surface area contributed by atoms with Gasteiger partial charge in [-0.1, -0.05) is 54.9 Å². The maximum absolute atomic E-state index is 14.5. The zero-order chi connectivity index (χ0) is 28.2. The Labute approximate surface area is 220 Å². The zero-order valence-electron chi connectivity index (χ0n) is 20.8. The lowest BCUT2D eigenvalue weighted by molar-refractivity contribution is -0.274. The molecule has 0 spiro atoms. The predicted octanol–water partition coefficient (Wildman–Crippen LogP) is 5.46. The minimum atomic E-state index is -5.05. The second kappa shape index (κ2) is 9.52. The maximum atomic E-state index is 14.5. The molecule has 0 aliphatic heterocycles. The minimum absolute atomic E-state index is 0.0359. The number of aryl methyl sites for hydroxylation is 2. The fourth-order valence-corrected chi connectivity index (χ4v) is 5.09. The summed E-state index contributed by atoms with van der Waals surface area (Å²) in [7, 11) is 4.25. The normalized spacial score (nSPS) is 14.3. The van der Waals surface area contributed by atoms with Crippen LogP contribution in [0, 0.1) is 0 Å². The quantitative estimate of drug-likeness (QED) is 0.334. The van der Waals surface area contributed by atoms with Gasteiger partial charge in [0.15, 0.2) is 11.4 Å². The topological polar surface area (TPSA) is 93.7 Å². The summed E-state index contributed by atoms with van der Waals surface area (Å²) < 4.78 is 51.2. The number of aromatic nitrogens is 2. The van der Waals surface area contributed by atoms with Gasteiger partial charge in [-0.2, -0.15) is 13.2 Å². The first kappa shape index (κ1) is 27.3. The van der Waals surface area contributed by atoms with Gasteiger partial charge in [-0.05, 0) is 34.9 Å². The van der Waals surface area contributed by atoms with E-state index in [9.17, 15) is 33.0 Å². The van der Waals surface area contributed by atoms with Gasteiger partial charge in [0.25, 0.3) is 0 Å². The van der Waals surface area contributed by atoms with Crippen molar-refractivity contribution in [2.45, 2.75) is 24.6 Å². The smallest absolute Gasteiger partial charge is 0.422 e. The van der Waals surface area contributed by atoms with Crippen molar-refractivity contribution in [3.8, 4) is 16.9 Å². The highest BCUT2D eigenvalue weighted by Crippen LogP contribution is 2.49. The number of rotatable bonds is 6. The molecule has 0 aliphatic carbocycles. The number of hydrogen-bond acceptors (Lipinski definition) is 4. The third-order valence-electron chi connectivity index (χ3n) is 7.02. The number of aromatic carboxylic acids is 1. The van der Waals surface area contributed by atoms with Crippen LogP contribution in [0.5, 0.6) is 5.75 Å². The second-order valence-electron chi connectivity index (χ2n) is 9.03. The largest absolute Gasteiger partial charge is 0.494 e. The van der Waals surface area contributed by atoms with Crippen molar-refractivity contribution in [3.05, 3.63) is 86.8 Å². The van der Waals surface area contributed by atoms with Crippen LogP contribution < -0.4 is 10.4 Å². The van der Waals surface area contributed by atoms with Gasteiger partial charge < -0.3 is 14.9 Å². The molecular formula is C27H24ClF3N2O5. The number of nitrogens with zero attached hydrogens (tertiary/aromatic N) is 2. The van der Waals surface area contributed by atoms with Crippen LogP contribution in [0.3, 0.4) is 0 Å². The lowest BCUT2D eigenvalue weighted by atomic mass is 9.77. The van der Waals surface area contributed by atoms with Crippen molar-refractivity contribution in [2.24, 2.45) is 14.1 Å². The van der Waals surface area contributed by atoms with Crippen LogP contribution >= 0.6 is 11.6 Å². The van der Waals surface area contributed by atoms with Gasteiger partial charge in [0.1, 0.15) is 5.56 Å². The fraction of sp³-hybridized carbons (Fsp3) is 0.259. The summed E-state index contributed by atoms with van der Waals surface area (Å²) in [5, 5.41) is 20.6. The van der Waals surface area contributed by atoms with Crippen LogP contribution in [-0.4, -0.2) is 38.6 Å². The molecule has 4 rings (SSSR count). The number of halogens is 4. The van der Waals surface area contributed by atoms with Crippen molar-refractivity contribution in [2.75, 3.05) is 7.11 Å². The minimum Gasteiger partial charge on any atom is -0.494 e. The molecule has 1 aromatic heterocycles. The van der Waals surface area contributed by atoms with Gasteiger partial charge in [-0.15, -0.1) is 0 Å². The molecule has 2 atom stereocenters. The van der Waals surface area contributed by atoms with Crippen molar-refractivity contribution < 1.29 is 32.9 Å². The summed E-state index contributed by atoms with van der Waals surface area (Å²) in [6.45, 7) is 1.27. The number of ether oxygens (including phenoxy) is 1. The molecule has 11 heteroatoms. The lowest BCUT2D eigenvalue weighted by Gasteiger charge is -2.36. The van der Waals surface area contributed by atoms with Crippen molar-refractivity contribution in [3.63, 3.8) is 0 Å². The fourth-order valence-electron chi connectivity index (χ4n) is 4.74. The Bertz CT molecular complexity index is 1610. The van der Waals surface area contributed by atoms with Crippen molar-refractivity contribution in [1.29, 1.82) is 0 Å². The van der Waals surface area contributed by atoms with Crippen LogP contribution in [0.25, 0.3) is 22.2 Å². The summed E-state index contributed by atoms with van der Waals surface area (Å²) in [5.74, 6) is -2.69. The molecule has 0 radical (unpaired) electrons. The van der Waals surface area contributed by atoms with Gasteiger partial charge in [0, 0.05) is 25.6 Å². The first-order chi connectivity index (χ1) is 17.7. The van der Waals surface area contributed by atoms with E-state index in [1.54, 1.807) is 0 Å². The zero-order valence-corrected chi connectivity index (χ0v) is 21.6. The van der Waals surface area contributed by atoms with E-state index in [1.807, 2.05) is 0 Å². The molecule has 38 heavy (non-hydrogen) atoms. The summed E-state index contributed by atoms with van der Waals surface area (Å²) in [5.41, 5.74) is -2.37. The van der Waals surface area contributed by atoms with Gasteiger partial charge in [0.2, 0.25) is 0 Å². The Kier molecular flexibility index (Phi) is 6.83. The van der Waals surface area contributed by atoms with E-state index in [1.165, 1.54) is 91.9 Å². The lowest BCUT2D eigenvalue weighted by Crippen LogP contribution is -2.46. The van der Waals surface area contributed by atoms with E-state index < -0.39 is 34.9 Å². The number of benzene rings is 3. The van der Waals surface area contributed by atoms with Crippen LogP contribution in [0.15, 0.2) is 59.4 Å². The molecule has 200 valence electrons. The average molecular weight is 549 g/mol. The number of carboxylic acid groups (broad SMARTS) is 1. The highest BCUT2D eigenvalue weighted by atomic mass is 35.5. The summed E-state index contributed by atoms with van der Waals surface area (Å²) >= 11 is 6.38. The molecule has 0 amide bonds. The van der Waals surface area contributed by atoms with E-state index in [0.29, 0.717) is 16.6 Å². The van der Waals surface area contributed by atoms with Crippen LogP contribution in [0.1, 0.15) is 34.3 Å². The Morgan fingerprint density at radius 3 is 2.16 bits per heavy atom. The van der Waals surface area contributed by atoms with E-state index in [4.69, 9.17) is 16.3 Å². The maximum Gasteiger partial charge on any atom is 0.422 e. The first-order valence-corrected chi connectivity index (χ1v) is 11.8. The highest BCUT2D eigenvalue weighted by Gasteiger charge is 2.58. The molecule has 2 unspecified atom stereocenters. The molecule has 0 aliphatic rings. The number of fused-ring (bicyclic) bond motifs is 1. The summed E-state index contributed by atoms with van der Waals surface area (Å²) in [6.07, 6.45) is -5.05. The molecule has 4 aromatic rings. The Hall–Kier alpha value is -3.76. The average Bonchev–Trinajstić information content (AvgIpc) is 3.10. The van der Waals surface area contributed by atoms with E-state index in [2.05, 4.69) is 0 Å². The number of methoxy groups -OCH3 is 1. The third-order valence-corrected chi connectivity index (χ3v) is 7.40.